The summed E-state index contributed by atoms with van der Waals surface area (Å²) in [4.78, 5) is 26.0. The molecule has 1 aromatic rings. The third-order valence-corrected chi connectivity index (χ3v) is 4.59. The van der Waals surface area contributed by atoms with Gasteiger partial charge in [-0.3, -0.25) is 4.79 Å². The predicted molar refractivity (Wildman–Crippen MR) is 99.3 cm³/mol. The molecule has 1 saturated heterocycles. The number of allylic oxidation sites excluding steroid dienone is 1. The van der Waals surface area contributed by atoms with Gasteiger partial charge < -0.3 is 4.74 Å². The van der Waals surface area contributed by atoms with E-state index >= 15 is 0 Å². The molecule has 0 bridgehead atoms. The van der Waals surface area contributed by atoms with E-state index in [0.717, 1.165) is 18.4 Å². The van der Waals surface area contributed by atoms with E-state index in [2.05, 4.69) is 6.92 Å². The van der Waals surface area contributed by atoms with Gasteiger partial charge in [-0.25, -0.2) is 9.69 Å². The Morgan fingerprint density at radius 2 is 1.92 bits per heavy atom. The van der Waals surface area contributed by atoms with Crippen molar-refractivity contribution in [1.82, 2.24) is 4.90 Å². The van der Waals surface area contributed by atoms with Crippen LogP contribution in [0.15, 0.2) is 42.0 Å². The maximum absolute atomic E-state index is 12.7. The number of rotatable bonds is 9. The molecule has 0 aromatic heterocycles. The lowest BCUT2D eigenvalue weighted by molar-refractivity contribution is -0.125. The zero-order chi connectivity index (χ0) is 18.1. The number of amides is 2. The van der Waals surface area contributed by atoms with E-state index in [0.29, 0.717) is 12.0 Å². The Balaban J connectivity index is 1.91. The molecule has 1 aliphatic rings. The number of carbonyl (C=O) groups excluding carboxylic acids is 2. The van der Waals surface area contributed by atoms with E-state index in [9.17, 15) is 9.59 Å². The molecular weight excluding hydrogens is 314 g/mol. The largest absolute Gasteiger partial charge is 0.447 e. The smallest absolute Gasteiger partial charge is 0.417 e. The summed E-state index contributed by atoms with van der Waals surface area (Å²) < 4.78 is 5.13. The number of benzene rings is 1. The van der Waals surface area contributed by atoms with Crippen molar-refractivity contribution in [3.8, 4) is 0 Å². The van der Waals surface area contributed by atoms with Crippen LogP contribution >= 0.6 is 0 Å². The van der Waals surface area contributed by atoms with Gasteiger partial charge in [0.15, 0.2) is 0 Å². The summed E-state index contributed by atoms with van der Waals surface area (Å²) in [6.45, 7) is 4.26. The summed E-state index contributed by atoms with van der Waals surface area (Å²) >= 11 is 0. The Morgan fingerprint density at radius 3 is 2.64 bits per heavy atom. The lowest BCUT2D eigenvalue weighted by Gasteiger charge is -2.20. The number of ether oxygens (including phenoxy) is 1. The highest BCUT2D eigenvalue weighted by Crippen LogP contribution is 2.20. The summed E-state index contributed by atoms with van der Waals surface area (Å²) in [6, 6.07) is 9.66. The molecule has 0 saturated carbocycles. The van der Waals surface area contributed by atoms with Gasteiger partial charge in [-0.15, -0.1) is 0 Å². The number of cyclic esters (lactones) is 1. The molecule has 2 rings (SSSR count). The van der Waals surface area contributed by atoms with Crippen LogP contribution in [0.25, 0.3) is 0 Å². The fraction of sp³-hybridized carbons (Fsp3) is 0.524. The third-order valence-electron chi connectivity index (χ3n) is 4.59. The van der Waals surface area contributed by atoms with E-state index in [1.54, 1.807) is 6.92 Å². The predicted octanol–water partition coefficient (Wildman–Crippen LogP) is 4.88. The van der Waals surface area contributed by atoms with Crippen LogP contribution in [0.1, 0.15) is 57.9 Å². The standard InChI is InChI=1S/C21H29NO3/c1-3-4-5-6-7-9-12-17(2)20(23)22-19(16-25-21(22)24)15-18-13-10-8-11-14-18/h8,10-14,19H,3-7,9,15-16H2,1-2H3/b17-12+/t19-/m1/s1. The van der Waals surface area contributed by atoms with Gasteiger partial charge in [0.2, 0.25) is 0 Å². The summed E-state index contributed by atoms with van der Waals surface area (Å²) in [7, 11) is 0. The number of carbonyl (C=O) groups is 2. The van der Waals surface area contributed by atoms with Crippen molar-refractivity contribution in [3.05, 3.63) is 47.5 Å². The minimum atomic E-state index is -0.526. The van der Waals surface area contributed by atoms with Crippen LogP contribution < -0.4 is 0 Å². The molecule has 2 amide bonds. The van der Waals surface area contributed by atoms with E-state index in [-0.39, 0.29) is 18.6 Å². The number of hydrogen-bond acceptors (Lipinski definition) is 3. The van der Waals surface area contributed by atoms with Crippen molar-refractivity contribution in [2.24, 2.45) is 0 Å². The Hall–Kier alpha value is -2.10. The SMILES string of the molecule is CCCCCCC/C=C(\C)C(=O)N1C(=O)OC[C@H]1Cc1ccccc1. The van der Waals surface area contributed by atoms with E-state index < -0.39 is 6.09 Å². The minimum Gasteiger partial charge on any atom is -0.447 e. The van der Waals surface area contributed by atoms with Gasteiger partial charge >= 0.3 is 6.09 Å². The molecule has 1 aliphatic heterocycles. The Morgan fingerprint density at radius 1 is 1.20 bits per heavy atom. The molecular formula is C21H29NO3. The fourth-order valence-corrected chi connectivity index (χ4v) is 3.09. The Labute approximate surface area is 150 Å². The molecule has 1 heterocycles. The summed E-state index contributed by atoms with van der Waals surface area (Å²) in [5.41, 5.74) is 1.73. The third kappa shape index (κ3) is 5.73. The second kappa shape index (κ2) is 10.0. The zero-order valence-electron chi connectivity index (χ0n) is 15.4. The zero-order valence-corrected chi connectivity index (χ0v) is 15.4. The number of imide groups is 1. The van der Waals surface area contributed by atoms with Crippen molar-refractivity contribution < 1.29 is 14.3 Å². The van der Waals surface area contributed by atoms with Crippen molar-refractivity contribution in [1.29, 1.82) is 0 Å². The average molecular weight is 343 g/mol. The normalized spacial score (nSPS) is 17.7. The highest BCUT2D eigenvalue weighted by molar-refractivity contribution is 6.03. The van der Waals surface area contributed by atoms with Crippen LogP contribution in [0.4, 0.5) is 4.79 Å². The van der Waals surface area contributed by atoms with E-state index in [1.165, 1.54) is 30.6 Å². The van der Waals surface area contributed by atoms with Crippen LogP contribution in [0.3, 0.4) is 0 Å². The van der Waals surface area contributed by atoms with E-state index in [1.807, 2.05) is 36.4 Å². The molecule has 136 valence electrons. The second-order valence-corrected chi connectivity index (χ2v) is 6.69. The first kappa shape index (κ1) is 19.2. The van der Waals surface area contributed by atoms with Crippen molar-refractivity contribution in [2.75, 3.05) is 6.61 Å². The van der Waals surface area contributed by atoms with Gasteiger partial charge in [0.25, 0.3) is 5.91 Å². The molecule has 1 fully saturated rings. The fourth-order valence-electron chi connectivity index (χ4n) is 3.09. The number of unbranched alkanes of at least 4 members (excludes halogenated alkanes) is 5. The molecule has 1 atom stereocenters. The first-order valence-electron chi connectivity index (χ1n) is 9.34. The summed E-state index contributed by atoms with van der Waals surface area (Å²) in [6.07, 6.45) is 8.96. The molecule has 0 unspecified atom stereocenters. The van der Waals surface area contributed by atoms with Gasteiger partial charge in [0.1, 0.15) is 6.61 Å². The summed E-state index contributed by atoms with van der Waals surface area (Å²) in [5, 5.41) is 0. The van der Waals surface area contributed by atoms with Crippen molar-refractivity contribution >= 4 is 12.0 Å². The topological polar surface area (TPSA) is 46.6 Å². The van der Waals surface area contributed by atoms with Gasteiger partial charge in [0, 0.05) is 5.57 Å². The maximum Gasteiger partial charge on any atom is 0.417 e. The van der Waals surface area contributed by atoms with Gasteiger partial charge in [-0.05, 0) is 31.7 Å². The van der Waals surface area contributed by atoms with Crippen molar-refractivity contribution in [3.63, 3.8) is 0 Å². The minimum absolute atomic E-state index is 0.225. The summed E-state index contributed by atoms with van der Waals surface area (Å²) in [5.74, 6) is -0.225. The molecule has 0 radical (unpaired) electrons. The second-order valence-electron chi connectivity index (χ2n) is 6.69. The Bertz CT molecular complexity index is 594. The quantitative estimate of drug-likeness (QED) is 0.474. The highest BCUT2D eigenvalue weighted by Gasteiger charge is 2.38. The van der Waals surface area contributed by atoms with Gasteiger partial charge in [-0.2, -0.15) is 0 Å². The van der Waals surface area contributed by atoms with Crippen LogP contribution in [-0.2, 0) is 16.0 Å². The first-order chi connectivity index (χ1) is 12.1. The first-order valence-corrected chi connectivity index (χ1v) is 9.34. The van der Waals surface area contributed by atoms with Crippen LogP contribution in [0.5, 0.6) is 0 Å². The molecule has 25 heavy (non-hydrogen) atoms. The average Bonchev–Trinajstić information content (AvgIpc) is 2.98. The number of hydrogen-bond donors (Lipinski definition) is 0. The van der Waals surface area contributed by atoms with Crippen LogP contribution in [0.2, 0.25) is 0 Å². The Kier molecular flexibility index (Phi) is 7.71. The molecule has 4 heteroatoms. The molecule has 4 nitrogen and oxygen atoms in total. The lowest BCUT2D eigenvalue weighted by Crippen LogP contribution is -2.40. The van der Waals surface area contributed by atoms with Crippen molar-refractivity contribution in [2.45, 2.75) is 64.8 Å². The molecule has 0 N–H and O–H groups in total. The van der Waals surface area contributed by atoms with Gasteiger partial charge in [-0.1, -0.05) is 69.0 Å². The lowest BCUT2D eigenvalue weighted by atomic mass is 10.0. The van der Waals surface area contributed by atoms with Crippen LogP contribution in [0, 0.1) is 0 Å². The molecule has 1 aromatic carbocycles. The van der Waals surface area contributed by atoms with Gasteiger partial charge in [0.05, 0.1) is 6.04 Å². The molecule has 0 aliphatic carbocycles. The monoisotopic (exact) mass is 343 g/mol. The van der Waals surface area contributed by atoms with Crippen LogP contribution in [-0.4, -0.2) is 29.5 Å². The molecule has 0 spiro atoms. The number of nitrogens with zero attached hydrogens (tertiary/aromatic N) is 1. The maximum atomic E-state index is 12.7. The van der Waals surface area contributed by atoms with E-state index in [4.69, 9.17) is 4.74 Å². The highest BCUT2D eigenvalue weighted by atomic mass is 16.6.